The molecule has 0 radical (unpaired) electrons. The van der Waals surface area contributed by atoms with Gasteiger partial charge in [-0.3, -0.25) is 14.5 Å². The fourth-order valence-electron chi connectivity index (χ4n) is 6.03. The number of rotatable bonds is 28. The molecule has 230 valence electrons. The van der Waals surface area contributed by atoms with Crippen LogP contribution in [0, 0.1) is 0 Å². The molecule has 0 aromatic heterocycles. The number of quaternary nitrogens is 1. The van der Waals surface area contributed by atoms with E-state index in [9.17, 15) is 9.59 Å². The Balaban J connectivity index is 2.17. The number of hydrogen-bond acceptors (Lipinski definition) is 2. The zero-order chi connectivity index (χ0) is 28.4. The Morgan fingerprint density at radius 3 is 1.64 bits per heavy atom. The quantitative estimate of drug-likeness (QED) is 0.0782. The minimum atomic E-state index is 0.217. The summed E-state index contributed by atoms with van der Waals surface area (Å²) in [5, 5.41) is 3.13. The van der Waals surface area contributed by atoms with E-state index < -0.39 is 0 Å². The largest absolute Gasteiger partial charge is 0.356 e. The lowest BCUT2D eigenvalue weighted by atomic mass is 10.0. The van der Waals surface area contributed by atoms with Crippen molar-refractivity contribution in [3.8, 4) is 0 Å². The van der Waals surface area contributed by atoms with Gasteiger partial charge in [-0.15, -0.1) is 0 Å². The average Bonchev–Trinajstić information content (AvgIpc) is 3.32. The number of nitrogens with zero attached hydrogens (tertiary/aromatic N) is 2. The Morgan fingerprint density at radius 2 is 1.15 bits per heavy atom. The number of likely N-dealkylation sites (tertiary alicyclic amines) is 1. The van der Waals surface area contributed by atoms with Crippen molar-refractivity contribution in [3.05, 3.63) is 0 Å². The molecular formula is C34H68N3O2+. The Hall–Kier alpha value is -1.10. The van der Waals surface area contributed by atoms with Crippen LogP contribution in [-0.2, 0) is 9.59 Å². The third-order valence-electron chi connectivity index (χ3n) is 8.69. The number of unbranched alkanes of at least 4 members (excludes halogenated alkanes) is 18. The molecule has 1 fully saturated rings. The Morgan fingerprint density at radius 1 is 0.692 bits per heavy atom. The molecule has 1 atom stereocenters. The summed E-state index contributed by atoms with van der Waals surface area (Å²) >= 11 is 0. The Bertz CT molecular complexity index is 597. The molecule has 0 spiro atoms. The molecule has 0 aromatic rings. The number of carbonyl (C=O) groups is 2. The minimum absolute atomic E-state index is 0.217. The van der Waals surface area contributed by atoms with Crippen LogP contribution >= 0.6 is 0 Å². The second-order valence-electron chi connectivity index (χ2n) is 12.8. The molecular weight excluding hydrogens is 482 g/mol. The van der Waals surface area contributed by atoms with Gasteiger partial charge in [0.25, 0.3) is 0 Å². The van der Waals surface area contributed by atoms with Gasteiger partial charge in [0.1, 0.15) is 0 Å². The lowest BCUT2D eigenvalue weighted by Crippen LogP contribution is -2.53. The predicted octanol–water partition coefficient (Wildman–Crippen LogP) is 8.75. The van der Waals surface area contributed by atoms with E-state index in [2.05, 4.69) is 31.1 Å². The summed E-state index contributed by atoms with van der Waals surface area (Å²) in [7, 11) is 2.35. The summed E-state index contributed by atoms with van der Waals surface area (Å²) in [6.45, 7) is 9.34. The fraction of sp³-hybridized carbons (Fsp3) is 0.941. The van der Waals surface area contributed by atoms with Crippen LogP contribution in [0.25, 0.3) is 0 Å². The molecule has 2 amide bonds. The smallest absolute Gasteiger partial charge is 0.226 e. The van der Waals surface area contributed by atoms with Gasteiger partial charge in [0, 0.05) is 25.9 Å². The molecule has 5 nitrogen and oxygen atoms in total. The highest BCUT2D eigenvalue weighted by Crippen LogP contribution is 2.18. The summed E-state index contributed by atoms with van der Waals surface area (Å²) in [5.74, 6) is 0.556. The van der Waals surface area contributed by atoms with Crippen LogP contribution < -0.4 is 5.32 Å². The van der Waals surface area contributed by atoms with E-state index in [4.69, 9.17) is 0 Å². The third kappa shape index (κ3) is 20.4. The van der Waals surface area contributed by atoms with E-state index in [1.807, 2.05) is 0 Å². The van der Waals surface area contributed by atoms with Crippen molar-refractivity contribution in [2.24, 2.45) is 0 Å². The van der Waals surface area contributed by atoms with E-state index in [0.717, 1.165) is 69.4 Å². The van der Waals surface area contributed by atoms with Gasteiger partial charge in [0.15, 0.2) is 6.67 Å². The maximum absolute atomic E-state index is 12.3. The molecule has 0 bridgehead atoms. The number of hydrogen-bond donors (Lipinski definition) is 1. The first-order valence-electron chi connectivity index (χ1n) is 17.4. The summed E-state index contributed by atoms with van der Waals surface area (Å²) in [6.07, 6.45) is 30.0. The third-order valence-corrected chi connectivity index (χ3v) is 8.69. The van der Waals surface area contributed by atoms with E-state index in [-0.39, 0.29) is 5.91 Å². The summed E-state index contributed by atoms with van der Waals surface area (Å²) in [5.41, 5.74) is 0. The van der Waals surface area contributed by atoms with Crippen molar-refractivity contribution in [2.45, 2.75) is 168 Å². The zero-order valence-corrected chi connectivity index (χ0v) is 26.7. The molecule has 5 heteroatoms. The number of nitrogens with one attached hydrogen (secondary N) is 1. The first kappa shape index (κ1) is 35.9. The molecule has 1 rings (SSSR count). The Kier molecular flexibility index (Phi) is 22.7. The normalized spacial score (nSPS) is 15.2. The van der Waals surface area contributed by atoms with Gasteiger partial charge in [-0.1, -0.05) is 117 Å². The van der Waals surface area contributed by atoms with Gasteiger partial charge in [-0.25, -0.2) is 0 Å². The molecule has 1 aliphatic heterocycles. The predicted molar refractivity (Wildman–Crippen MR) is 168 cm³/mol. The highest BCUT2D eigenvalue weighted by Gasteiger charge is 2.29. The average molecular weight is 551 g/mol. The van der Waals surface area contributed by atoms with Crippen LogP contribution in [0.2, 0.25) is 0 Å². The topological polar surface area (TPSA) is 49.4 Å². The lowest BCUT2D eigenvalue weighted by Gasteiger charge is -2.38. The van der Waals surface area contributed by atoms with E-state index >= 15 is 0 Å². The SMILES string of the molecule is CCCCCCCCCCCCCCCC[N+](C)(CCCCNC(=O)CCCCCCC)CN1CCCC1=O. The fourth-order valence-corrected chi connectivity index (χ4v) is 6.03. The molecule has 0 aromatic carbocycles. The van der Waals surface area contributed by atoms with Crippen LogP contribution in [0.15, 0.2) is 0 Å². The maximum atomic E-state index is 12.3. The standard InChI is InChI=1S/C34H67N3O2/c1-4-6-8-10-11-12-13-14-15-16-17-18-20-23-30-37(3,32-36-29-25-27-34(36)39)31-24-22-28-35-33(38)26-21-19-9-7-5-2/h4-32H2,1-3H3/p+1. The van der Waals surface area contributed by atoms with E-state index in [1.54, 1.807) is 0 Å². The van der Waals surface area contributed by atoms with Crippen molar-refractivity contribution >= 4 is 11.8 Å². The second kappa shape index (κ2) is 24.7. The van der Waals surface area contributed by atoms with Crippen molar-refractivity contribution in [1.82, 2.24) is 10.2 Å². The van der Waals surface area contributed by atoms with Crippen LogP contribution in [-0.4, -0.2) is 61.1 Å². The molecule has 1 N–H and O–H groups in total. The zero-order valence-electron chi connectivity index (χ0n) is 26.7. The summed E-state index contributed by atoms with van der Waals surface area (Å²) < 4.78 is 0.968. The Labute approximate surface area is 243 Å². The number of carbonyl (C=O) groups excluding carboxylic acids is 2. The molecule has 1 heterocycles. The van der Waals surface area contributed by atoms with Crippen molar-refractivity contribution in [3.63, 3.8) is 0 Å². The van der Waals surface area contributed by atoms with Crippen molar-refractivity contribution < 1.29 is 14.1 Å². The minimum Gasteiger partial charge on any atom is -0.356 e. The first-order chi connectivity index (χ1) is 19.0. The maximum Gasteiger partial charge on any atom is 0.226 e. The van der Waals surface area contributed by atoms with Crippen LogP contribution in [0.5, 0.6) is 0 Å². The molecule has 0 saturated carbocycles. The lowest BCUT2D eigenvalue weighted by molar-refractivity contribution is -0.918. The van der Waals surface area contributed by atoms with E-state index in [1.165, 1.54) is 116 Å². The molecule has 1 saturated heterocycles. The van der Waals surface area contributed by atoms with Crippen LogP contribution in [0.3, 0.4) is 0 Å². The highest BCUT2D eigenvalue weighted by atomic mass is 16.2. The van der Waals surface area contributed by atoms with Crippen LogP contribution in [0.1, 0.15) is 168 Å². The van der Waals surface area contributed by atoms with Gasteiger partial charge in [-0.05, 0) is 38.5 Å². The highest BCUT2D eigenvalue weighted by molar-refractivity contribution is 5.77. The van der Waals surface area contributed by atoms with Crippen molar-refractivity contribution in [2.75, 3.05) is 39.9 Å². The summed E-state index contributed by atoms with van der Waals surface area (Å²) in [6, 6.07) is 0. The monoisotopic (exact) mass is 551 g/mol. The van der Waals surface area contributed by atoms with Gasteiger partial charge < -0.3 is 9.80 Å². The number of amides is 2. The second-order valence-corrected chi connectivity index (χ2v) is 12.8. The molecule has 39 heavy (non-hydrogen) atoms. The molecule has 0 aliphatic carbocycles. The van der Waals surface area contributed by atoms with E-state index in [0.29, 0.717) is 12.3 Å². The van der Waals surface area contributed by atoms with Gasteiger partial charge in [-0.2, -0.15) is 0 Å². The molecule has 1 unspecified atom stereocenters. The van der Waals surface area contributed by atoms with Crippen LogP contribution in [0.4, 0.5) is 0 Å². The van der Waals surface area contributed by atoms with Gasteiger partial charge in [0.2, 0.25) is 11.8 Å². The van der Waals surface area contributed by atoms with Gasteiger partial charge in [0.05, 0.1) is 20.1 Å². The first-order valence-corrected chi connectivity index (χ1v) is 17.4. The van der Waals surface area contributed by atoms with Crippen molar-refractivity contribution in [1.29, 1.82) is 0 Å². The summed E-state index contributed by atoms with van der Waals surface area (Å²) in [4.78, 5) is 26.5. The van der Waals surface area contributed by atoms with Gasteiger partial charge >= 0.3 is 0 Å². The molecule has 1 aliphatic rings.